The molecule has 1 unspecified atom stereocenters. The molecule has 1 spiro atoms. The molecule has 2 aromatic heterocycles. The highest BCUT2D eigenvalue weighted by Gasteiger charge is 2.53. The highest BCUT2D eigenvalue weighted by Crippen LogP contribution is 2.43. The maximum atomic E-state index is 15.3. The van der Waals surface area contributed by atoms with Crippen LogP contribution >= 0.6 is 11.3 Å². The van der Waals surface area contributed by atoms with E-state index < -0.39 is 40.3 Å². The number of pyridine rings is 1. The Labute approximate surface area is 225 Å². The van der Waals surface area contributed by atoms with Gasteiger partial charge in [-0.3, -0.25) is 24.1 Å². The topological polar surface area (TPSA) is 95.3 Å². The van der Waals surface area contributed by atoms with Crippen molar-refractivity contribution in [2.45, 2.75) is 25.4 Å². The first-order valence-corrected chi connectivity index (χ1v) is 13.1. The van der Waals surface area contributed by atoms with Crippen molar-refractivity contribution in [3.8, 4) is 11.5 Å². The second-order valence-corrected chi connectivity index (χ2v) is 10.8. The Morgan fingerprint density at radius 1 is 1.18 bits per heavy atom. The maximum Gasteiger partial charge on any atom is 0.278 e. The second-order valence-electron chi connectivity index (χ2n) is 9.88. The molecule has 9 nitrogen and oxygen atoms in total. The maximum absolute atomic E-state index is 15.3. The Morgan fingerprint density at radius 2 is 1.95 bits per heavy atom. The molecule has 39 heavy (non-hydrogen) atoms. The van der Waals surface area contributed by atoms with Crippen LogP contribution in [0.4, 0.5) is 8.78 Å². The molecule has 12 heteroatoms. The summed E-state index contributed by atoms with van der Waals surface area (Å²) < 4.78 is 36.9. The molecule has 2 bridgehead atoms. The van der Waals surface area contributed by atoms with E-state index in [-0.39, 0.29) is 43.7 Å². The summed E-state index contributed by atoms with van der Waals surface area (Å²) in [5, 5.41) is 14.4. The molecule has 5 heterocycles. The summed E-state index contributed by atoms with van der Waals surface area (Å²) in [6, 6.07) is 4.70. The van der Waals surface area contributed by atoms with Gasteiger partial charge in [-0.2, -0.15) is 4.39 Å². The van der Waals surface area contributed by atoms with Gasteiger partial charge in [-0.05, 0) is 42.1 Å². The largest absolute Gasteiger partial charge is 0.502 e. The lowest BCUT2D eigenvalue weighted by molar-refractivity contribution is -0.139. The fraction of sp³-hybridized carbons (Fsp3) is 0.296. The van der Waals surface area contributed by atoms with Crippen molar-refractivity contribution in [3.05, 3.63) is 91.6 Å². The van der Waals surface area contributed by atoms with Gasteiger partial charge in [0.2, 0.25) is 17.2 Å². The van der Waals surface area contributed by atoms with Crippen LogP contribution in [0.15, 0.2) is 52.8 Å². The predicted octanol–water partition coefficient (Wildman–Crippen LogP) is 2.89. The Kier molecular flexibility index (Phi) is 5.75. The molecule has 1 N–H and O–H groups in total. The van der Waals surface area contributed by atoms with Crippen LogP contribution in [-0.4, -0.2) is 63.3 Å². The number of hydrogen-bond donors (Lipinski definition) is 1. The monoisotopic (exact) mass is 554 g/mol. The Balaban J connectivity index is 1.65. The summed E-state index contributed by atoms with van der Waals surface area (Å²) in [6.45, 7) is 3.49. The van der Waals surface area contributed by atoms with Gasteiger partial charge in [0.05, 0.1) is 5.54 Å². The van der Waals surface area contributed by atoms with E-state index in [1.807, 2.05) is 18.4 Å². The quantitative estimate of drug-likeness (QED) is 0.465. The Bertz CT molecular complexity index is 1610. The van der Waals surface area contributed by atoms with Crippen molar-refractivity contribution >= 4 is 23.2 Å². The molecular formula is C27H24F2N4O5S. The third kappa shape index (κ3) is 3.73. The number of thiophene rings is 1. The van der Waals surface area contributed by atoms with Gasteiger partial charge in [-0.1, -0.05) is 6.08 Å². The van der Waals surface area contributed by atoms with Gasteiger partial charge < -0.3 is 19.6 Å². The number of aromatic nitrogens is 1. The zero-order valence-corrected chi connectivity index (χ0v) is 21.9. The number of benzene rings is 1. The minimum absolute atomic E-state index is 0.0509. The van der Waals surface area contributed by atoms with Crippen LogP contribution in [0, 0.1) is 18.6 Å². The van der Waals surface area contributed by atoms with Gasteiger partial charge in [0, 0.05) is 42.7 Å². The van der Waals surface area contributed by atoms with E-state index in [0.717, 1.165) is 22.6 Å². The van der Waals surface area contributed by atoms with Crippen LogP contribution in [0.2, 0.25) is 0 Å². The smallest absolute Gasteiger partial charge is 0.278 e. The number of rotatable bonds is 1. The average molecular weight is 555 g/mol. The van der Waals surface area contributed by atoms with Crippen LogP contribution in [0.5, 0.6) is 11.5 Å². The van der Waals surface area contributed by atoms with Gasteiger partial charge in [0.15, 0.2) is 23.0 Å². The van der Waals surface area contributed by atoms with Crippen molar-refractivity contribution < 1.29 is 28.2 Å². The molecule has 1 saturated heterocycles. The lowest BCUT2D eigenvalue weighted by Gasteiger charge is -2.57. The second kappa shape index (κ2) is 8.94. The average Bonchev–Trinajstić information content (AvgIpc) is 3.29. The summed E-state index contributed by atoms with van der Waals surface area (Å²) >= 11 is 1.39. The lowest BCUT2D eigenvalue weighted by Crippen LogP contribution is -2.74. The lowest BCUT2D eigenvalue weighted by atomic mass is 9.86. The van der Waals surface area contributed by atoms with Crippen LogP contribution in [0.3, 0.4) is 0 Å². The van der Waals surface area contributed by atoms with Crippen molar-refractivity contribution in [3.63, 3.8) is 0 Å². The first-order chi connectivity index (χ1) is 18.6. The SMILES string of the molecule is CC(=O)N1CC2(/C=C/COc3c(ccc(F)c3F)C(c3sccc3C)N3CN2C(=O)c2c(O)c(=O)ccn23)C1. The van der Waals surface area contributed by atoms with E-state index in [1.165, 1.54) is 40.1 Å². The van der Waals surface area contributed by atoms with E-state index in [2.05, 4.69) is 0 Å². The molecule has 2 amide bonds. The minimum Gasteiger partial charge on any atom is -0.502 e. The number of carbonyl (C=O) groups is 2. The summed E-state index contributed by atoms with van der Waals surface area (Å²) in [7, 11) is 0. The Morgan fingerprint density at radius 3 is 2.64 bits per heavy atom. The third-order valence-electron chi connectivity index (χ3n) is 7.55. The number of ether oxygens (including phenoxy) is 1. The van der Waals surface area contributed by atoms with Crippen molar-refractivity contribution in [1.82, 2.24) is 14.5 Å². The molecule has 3 aliphatic heterocycles. The molecule has 0 saturated carbocycles. The molecule has 1 aromatic carbocycles. The number of carbonyl (C=O) groups excluding carboxylic acids is 2. The number of fused-ring (bicyclic) bond motifs is 6. The standard InChI is InChI=1S/C27H24F2N4O5S/c1-15-7-11-39-25(15)21-17-4-5-18(28)20(29)24(17)38-10-3-8-27(12-30(13-27)16(2)34)31-14-33(21)32-9-6-19(35)23(36)22(32)26(31)37/h3-9,11,21,36H,10,12-14H2,1-2H3/b8-3+. The third-order valence-corrected chi connectivity index (χ3v) is 8.62. The number of aromatic hydroxyl groups is 1. The number of aryl methyl sites for hydroxylation is 1. The summed E-state index contributed by atoms with van der Waals surface area (Å²) in [5.41, 5.74) is -0.800. The summed E-state index contributed by atoms with van der Waals surface area (Å²) in [4.78, 5) is 42.4. The van der Waals surface area contributed by atoms with E-state index >= 15 is 4.39 Å². The van der Waals surface area contributed by atoms with Crippen molar-refractivity contribution in [2.24, 2.45) is 0 Å². The number of likely N-dealkylation sites (tertiary alicyclic amines) is 1. The number of amides is 2. The molecule has 0 radical (unpaired) electrons. The molecule has 1 fully saturated rings. The normalized spacial score (nSPS) is 20.5. The molecule has 1 atom stereocenters. The van der Waals surface area contributed by atoms with Crippen LogP contribution in [0.1, 0.15) is 39.5 Å². The van der Waals surface area contributed by atoms with Gasteiger partial charge in [-0.15, -0.1) is 11.3 Å². The molecule has 202 valence electrons. The summed E-state index contributed by atoms with van der Waals surface area (Å²) in [5.74, 6) is -3.98. The fourth-order valence-corrected chi connectivity index (χ4v) is 6.55. The highest BCUT2D eigenvalue weighted by atomic mass is 32.1. The molecule has 0 aliphatic carbocycles. The van der Waals surface area contributed by atoms with Crippen LogP contribution in [0.25, 0.3) is 0 Å². The van der Waals surface area contributed by atoms with Gasteiger partial charge >= 0.3 is 0 Å². The molecular weight excluding hydrogens is 530 g/mol. The number of hydrogen-bond acceptors (Lipinski definition) is 7. The first-order valence-electron chi connectivity index (χ1n) is 12.2. The molecule has 3 aromatic rings. The van der Waals surface area contributed by atoms with E-state index in [9.17, 15) is 23.9 Å². The first kappa shape index (κ1) is 25.1. The van der Waals surface area contributed by atoms with Crippen molar-refractivity contribution in [1.29, 1.82) is 0 Å². The van der Waals surface area contributed by atoms with E-state index in [1.54, 1.807) is 22.1 Å². The molecule has 6 rings (SSSR count). The Hall–Kier alpha value is -4.19. The van der Waals surface area contributed by atoms with E-state index in [4.69, 9.17) is 4.74 Å². The highest BCUT2D eigenvalue weighted by molar-refractivity contribution is 7.10. The number of nitrogens with zero attached hydrogens (tertiary/aromatic N) is 4. The van der Waals surface area contributed by atoms with Crippen LogP contribution in [-0.2, 0) is 4.79 Å². The van der Waals surface area contributed by atoms with Gasteiger partial charge in [0.1, 0.15) is 19.3 Å². The number of halogens is 2. The van der Waals surface area contributed by atoms with Gasteiger partial charge in [0.25, 0.3) is 5.91 Å². The minimum atomic E-state index is -1.15. The predicted molar refractivity (Wildman–Crippen MR) is 138 cm³/mol. The zero-order chi connectivity index (χ0) is 27.6. The summed E-state index contributed by atoms with van der Waals surface area (Å²) in [6.07, 6.45) is 4.70. The van der Waals surface area contributed by atoms with E-state index in [0.29, 0.717) is 5.56 Å². The fourth-order valence-electron chi connectivity index (χ4n) is 5.50. The van der Waals surface area contributed by atoms with Crippen LogP contribution < -0.4 is 15.2 Å². The zero-order valence-electron chi connectivity index (χ0n) is 21.1. The van der Waals surface area contributed by atoms with Gasteiger partial charge in [-0.25, -0.2) is 4.39 Å². The molecule has 3 aliphatic rings. The van der Waals surface area contributed by atoms with Crippen molar-refractivity contribution in [2.75, 3.05) is 31.4 Å².